The van der Waals surface area contributed by atoms with Gasteiger partial charge in [-0.3, -0.25) is 0 Å². The van der Waals surface area contributed by atoms with Crippen LogP contribution < -0.4 is 0 Å². The highest BCUT2D eigenvalue weighted by atomic mass is 35.5. The number of hydrogen-bond acceptors (Lipinski definition) is 6. The number of sulfonamides is 1. The number of nitrogens with zero attached hydrogens (tertiary/aromatic N) is 1. The second-order valence-corrected chi connectivity index (χ2v) is 11.5. The van der Waals surface area contributed by atoms with Crippen molar-refractivity contribution in [2.45, 2.75) is 20.6 Å². The van der Waals surface area contributed by atoms with Crippen LogP contribution in [0.2, 0.25) is 10.0 Å². The Balaban J connectivity index is 2.03. The zero-order valence-corrected chi connectivity index (χ0v) is 17.8. The highest BCUT2D eigenvalue weighted by molar-refractivity contribution is 7.92. The molecule has 0 aromatic heterocycles. The topological polar surface area (TPSA) is 112 Å². The summed E-state index contributed by atoms with van der Waals surface area (Å²) in [5.41, 5.74) is -2.26. The van der Waals surface area contributed by atoms with Crippen LogP contribution >= 0.6 is 23.2 Å². The number of aliphatic hydroxyl groups is 2. The number of halogens is 3. The van der Waals surface area contributed by atoms with Gasteiger partial charge in [-0.15, -0.1) is 0 Å². The van der Waals surface area contributed by atoms with Crippen molar-refractivity contribution in [2.24, 2.45) is 0 Å². The molecule has 2 aromatic carbocycles. The molecule has 0 saturated carbocycles. The van der Waals surface area contributed by atoms with Gasteiger partial charge in [-0.2, -0.15) is 4.31 Å². The molecule has 7 nitrogen and oxygen atoms in total. The molecule has 0 amide bonds. The minimum absolute atomic E-state index is 0.171. The van der Waals surface area contributed by atoms with Crippen molar-refractivity contribution in [3.63, 3.8) is 0 Å². The summed E-state index contributed by atoms with van der Waals surface area (Å²) in [6.45, 7) is -2.30. The average Bonchev–Trinajstić information content (AvgIpc) is 3.02. The lowest BCUT2D eigenvalue weighted by Gasteiger charge is -2.26. The third-order valence-electron chi connectivity index (χ3n) is 4.72. The maximum Gasteiger partial charge on any atom is 0.244 e. The van der Waals surface area contributed by atoms with E-state index in [1.165, 1.54) is 18.2 Å². The zero-order valence-electron chi connectivity index (χ0n) is 14.7. The van der Waals surface area contributed by atoms with Crippen molar-refractivity contribution < 1.29 is 31.4 Å². The average molecular weight is 484 g/mol. The summed E-state index contributed by atoms with van der Waals surface area (Å²) >= 11 is 11.8. The van der Waals surface area contributed by atoms with E-state index in [9.17, 15) is 31.4 Å². The van der Waals surface area contributed by atoms with Crippen molar-refractivity contribution in [3.8, 4) is 0 Å². The van der Waals surface area contributed by atoms with E-state index < -0.39 is 56.2 Å². The van der Waals surface area contributed by atoms with Gasteiger partial charge in [0, 0.05) is 18.1 Å². The van der Waals surface area contributed by atoms with Gasteiger partial charge in [-0.05, 0) is 42.5 Å². The summed E-state index contributed by atoms with van der Waals surface area (Å²) in [6, 6.07) is 7.58. The lowest BCUT2D eigenvalue weighted by Crippen LogP contribution is -2.49. The Kier molecular flexibility index (Phi) is 6.00. The minimum Gasteiger partial charge on any atom is -0.393 e. The fourth-order valence-corrected chi connectivity index (χ4v) is 7.47. The Hall–Kier alpha value is -1.27. The van der Waals surface area contributed by atoms with Gasteiger partial charge in [0.25, 0.3) is 0 Å². The molecule has 3 rings (SSSR count). The van der Waals surface area contributed by atoms with Crippen LogP contribution in [0.1, 0.15) is 0 Å². The van der Waals surface area contributed by atoms with E-state index in [2.05, 4.69) is 0 Å². The van der Waals surface area contributed by atoms with Crippen LogP contribution in [-0.4, -0.2) is 61.9 Å². The molecule has 0 unspecified atom stereocenters. The molecule has 1 heterocycles. The van der Waals surface area contributed by atoms with Crippen LogP contribution in [0.25, 0.3) is 0 Å². The Morgan fingerprint density at radius 1 is 1.10 bits per heavy atom. The number of sulfone groups is 1. The highest BCUT2D eigenvalue weighted by Crippen LogP contribution is 2.36. The highest BCUT2D eigenvalue weighted by Gasteiger charge is 2.55. The van der Waals surface area contributed by atoms with Crippen molar-refractivity contribution in [1.82, 2.24) is 4.31 Å². The second kappa shape index (κ2) is 7.77. The van der Waals surface area contributed by atoms with E-state index in [1.807, 2.05) is 0 Å². The SMILES string of the molecule is O=S(=O)(c1ccc(F)cc1)[C@H]1CN(S(=O)(=O)c2ccc(Cl)cc2Cl)C[C@@]1(O)CO. The van der Waals surface area contributed by atoms with Gasteiger partial charge in [-0.1, -0.05) is 23.2 Å². The molecule has 12 heteroatoms. The van der Waals surface area contributed by atoms with Gasteiger partial charge >= 0.3 is 0 Å². The summed E-state index contributed by atoms with van der Waals surface area (Å²) in [5, 5.41) is 18.8. The van der Waals surface area contributed by atoms with E-state index in [1.54, 1.807) is 0 Å². The maximum atomic E-state index is 13.1. The molecule has 1 fully saturated rings. The zero-order chi connectivity index (χ0) is 21.6. The van der Waals surface area contributed by atoms with Crippen molar-refractivity contribution in [1.29, 1.82) is 0 Å². The third kappa shape index (κ3) is 4.02. The van der Waals surface area contributed by atoms with Crippen LogP contribution in [0.3, 0.4) is 0 Å². The molecule has 1 saturated heterocycles. The first-order valence-electron chi connectivity index (χ1n) is 8.20. The predicted molar refractivity (Wildman–Crippen MR) is 105 cm³/mol. The molecule has 1 aliphatic heterocycles. The first-order chi connectivity index (χ1) is 13.4. The molecule has 1 aliphatic rings. The summed E-state index contributed by atoms with van der Waals surface area (Å²) in [5.74, 6) is -0.658. The first kappa shape index (κ1) is 22.4. The van der Waals surface area contributed by atoms with Gasteiger partial charge in [0.05, 0.1) is 16.5 Å². The number of hydrogen-bond donors (Lipinski definition) is 2. The number of rotatable bonds is 5. The standard InChI is InChI=1S/C17H16Cl2FNO6S2/c18-11-1-6-15(14(19)7-11)29(26,27)21-8-16(17(23,9-21)10-22)28(24,25)13-4-2-12(20)3-5-13/h1-7,16,22-23H,8-10H2/t16-,17+/m0/s1. The first-order valence-corrected chi connectivity index (χ1v) is 11.9. The van der Waals surface area contributed by atoms with Gasteiger partial charge in [-0.25, -0.2) is 21.2 Å². The number of β-amino-alcohol motifs (C(OH)–C–C–N with tert-alkyl or cyclic N) is 1. The van der Waals surface area contributed by atoms with Crippen molar-refractivity contribution in [3.05, 3.63) is 58.3 Å². The van der Waals surface area contributed by atoms with Crippen molar-refractivity contribution in [2.75, 3.05) is 19.7 Å². The lowest BCUT2D eigenvalue weighted by atomic mass is 10.1. The van der Waals surface area contributed by atoms with Gasteiger partial charge in [0.15, 0.2) is 9.84 Å². The molecule has 0 spiro atoms. The molecular weight excluding hydrogens is 468 g/mol. The van der Waals surface area contributed by atoms with E-state index in [-0.39, 0.29) is 19.8 Å². The predicted octanol–water partition coefficient (Wildman–Crippen LogP) is 1.70. The second-order valence-electron chi connectivity index (χ2n) is 6.62. The van der Waals surface area contributed by atoms with Crippen molar-refractivity contribution >= 4 is 43.1 Å². The molecule has 0 bridgehead atoms. The number of aliphatic hydroxyl groups excluding tert-OH is 1. The van der Waals surface area contributed by atoms with Gasteiger partial charge in [0.1, 0.15) is 21.6 Å². The molecule has 0 radical (unpaired) electrons. The van der Waals surface area contributed by atoms with Gasteiger partial charge < -0.3 is 10.2 Å². The van der Waals surface area contributed by atoms with Crippen LogP contribution in [0, 0.1) is 5.82 Å². The fourth-order valence-electron chi connectivity index (χ4n) is 3.16. The molecule has 29 heavy (non-hydrogen) atoms. The largest absolute Gasteiger partial charge is 0.393 e. The minimum atomic E-state index is -4.30. The summed E-state index contributed by atoms with van der Waals surface area (Å²) < 4.78 is 65.8. The fraction of sp³-hybridized carbons (Fsp3) is 0.294. The molecule has 0 aliphatic carbocycles. The van der Waals surface area contributed by atoms with Gasteiger partial charge in [0.2, 0.25) is 10.0 Å². The summed E-state index contributed by atoms with van der Waals surface area (Å²) in [4.78, 5) is -0.622. The molecule has 158 valence electrons. The Labute approximate surface area is 177 Å². The Morgan fingerprint density at radius 3 is 2.28 bits per heavy atom. The van der Waals surface area contributed by atoms with E-state index >= 15 is 0 Å². The van der Waals surface area contributed by atoms with E-state index in [0.717, 1.165) is 28.6 Å². The normalized spacial score (nSPS) is 23.4. The monoisotopic (exact) mass is 483 g/mol. The van der Waals surface area contributed by atoms with Crippen LogP contribution in [0.4, 0.5) is 4.39 Å². The molecule has 2 aromatic rings. The van der Waals surface area contributed by atoms with Crippen LogP contribution in [-0.2, 0) is 19.9 Å². The number of benzene rings is 2. The quantitative estimate of drug-likeness (QED) is 0.625. The van der Waals surface area contributed by atoms with E-state index in [0.29, 0.717) is 0 Å². The summed E-state index contributed by atoms with van der Waals surface area (Å²) in [6.07, 6.45) is 0. The third-order valence-corrected chi connectivity index (χ3v) is 9.52. The van der Waals surface area contributed by atoms with Crippen LogP contribution in [0.15, 0.2) is 52.3 Å². The van der Waals surface area contributed by atoms with E-state index in [4.69, 9.17) is 23.2 Å². The molecular formula is C17H16Cl2FNO6S2. The summed E-state index contributed by atoms with van der Waals surface area (Å²) in [7, 11) is -8.61. The molecule has 2 atom stereocenters. The molecule has 2 N–H and O–H groups in total. The smallest absolute Gasteiger partial charge is 0.244 e. The van der Waals surface area contributed by atoms with Crippen LogP contribution in [0.5, 0.6) is 0 Å². The Morgan fingerprint density at radius 2 is 1.72 bits per heavy atom. The maximum absolute atomic E-state index is 13.1. The Bertz CT molecular complexity index is 1140. The lowest BCUT2D eigenvalue weighted by molar-refractivity contribution is 0.00160.